The summed E-state index contributed by atoms with van der Waals surface area (Å²) >= 11 is 0. The molecule has 0 bridgehead atoms. The van der Waals surface area contributed by atoms with E-state index in [0.717, 1.165) is 11.1 Å². The molecule has 2 aromatic carbocycles. The van der Waals surface area contributed by atoms with Crippen LogP contribution in [0.3, 0.4) is 0 Å². The average molecular weight is 461 g/mol. The predicted octanol–water partition coefficient (Wildman–Crippen LogP) is 1.52. The summed E-state index contributed by atoms with van der Waals surface area (Å²) in [5, 5.41) is 16.2. The summed E-state index contributed by atoms with van der Waals surface area (Å²) in [6, 6.07) is 13.9. The number of carbonyl (C=O) groups is 2. The van der Waals surface area contributed by atoms with Gasteiger partial charge in [0.1, 0.15) is 0 Å². The highest BCUT2D eigenvalue weighted by molar-refractivity contribution is 5.95. The van der Waals surface area contributed by atoms with E-state index in [4.69, 9.17) is 0 Å². The lowest BCUT2D eigenvalue weighted by Crippen LogP contribution is -2.17. The fourth-order valence-electron chi connectivity index (χ4n) is 2.65. The van der Waals surface area contributed by atoms with Crippen molar-refractivity contribution in [2.24, 2.45) is 10.2 Å². The molecule has 0 spiro atoms. The minimum absolute atomic E-state index is 0.157. The number of hydrazone groups is 2. The molecule has 0 aliphatic rings. The lowest BCUT2D eigenvalue weighted by Gasteiger charge is -2.05. The monoisotopic (exact) mass is 460 g/mol. The van der Waals surface area contributed by atoms with Crippen LogP contribution < -0.4 is 26.8 Å². The van der Waals surface area contributed by atoms with Crippen LogP contribution >= 0.6 is 0 Å². The summed E-state index contributed by atoms with van der Waals surface area (Å²) in [6.45, 7) is 0. The lowest BCUT2D eigenvalue weighted by molar-refractivity contribution is 0.0955. The molecule has 0 saturated heterocycles. The number of nitrogens with zero attached hydrogens (tertiary/aromatic N) is 5. The highest BCUT2D eigenvalue weighted by Crippen LogP contribution is 2.09. The van der Waals surface area contributed by atoms with E-state index in [1.807, 2.05) is 0 Å². The average Bonchev–Trinajstić information content (AvgIpc) is 2.88. The normalized spacial score (nSPS) is 10.8. The molecule has 5 N–H and O–H groups in total. The molecule has 34 heavy (non-hydrogen) atoms. The quantitative estimate of drug-likeness (QED) is 0.238. The maximum atomic E-state index is 11.6. The molecule has 12 nitrogen and oxygen atoms in total. The van der Waals surface area contributed by atoms with Gasteiger partial charge < -0.3 is 16.0 Å². The van der Waals surface area contributed by atoms with Gasteiger partial charge in [-0.15, -0.1) is 0 Å². The third kappa shape index (κ3) is 6.56. The Hall–Kier alpha value is -4.87. The fourth-order valence-corrected chi connectivity index (χ4v) is 2.65. The molecule has 3 aromatic rings. The van der Waals surface area contributed by atoms with E-state index >= 15 is 0 Å². The lowest BCUT2D eigenvalue weighted by atomic mass is 10.1. The van der Waals surface area contributed by atoms with E-state index in [1.54, 1.807) is 82.1 Å². The van der Waals surface area contributed by atoms with Crippen LogP contribution in [0.25, 0.3) is 0 Å². The topological polar surface area (TPSA) is 158 Å². The van der Waals surface area contributed by atoms with Crippen molar-refractivity contribution in [2.75, 3.05) is 37.3 Å². The largest absolute Gasteiger partial charge is 0.357 e. The van der Waals surface area contributed by atoms with Crippen molar-refractivity contribution in [3.05, 3.63) is 70.8 Å². The first kappa shape index (κ1) is 23.8. The molecule has 0 saturated carbocycles. The molecular weight excluding hydrogens is 436 g/mol. The van der Waals surface area contributed by atoms with Crippen LogP contribution in [0, 0.1) is 0 Å². The molecule has 0 atom stereocenters. The number of amides is 2. The Bertz CT molecular complexity index is 1100. The van der Waals surface area contributed by atoms with Crippen molar-refractivity contribution in [3.8, 4) is 0 Å². The molecule has 1 aromatic heterocycles. The second-order valence-corrected chi connectivity index (χ2v) is 6.70. The van der Waals surface area contributed by atoms with Crippen LogP contribution in [0.5, 0.6) is 0 Å². The third-order valence-electron chi connectivity index (χ3n) is 4.42. The summed E-state index contributed by atoms with van der Waals surface area (Å²) in [5.41, 5.74) is 8.18. The molecule has 0 aliphatic heterocycles. The zero-order chi connectivity index (χ0) is 24.3. The van der Waals surface area contributed by atoms with Gasteiger partial charge in [-0.25, -0.2) is 10.9 Å². The van der Waals surface area contributed by atoms with E-state index < -0.39 is 0 Å². The standard InChI is InChI=1S/C22H24N10O2/c1-23-18(33)16-8-4-14(5-9-16)12-26-31-21-28-20(25-3)29-22(30-21)32-27-13-15-6-10-17(11-7-15)19(34)24-2/h4-13H,1-3H3,(H,23,33)(H,24,34)(H3,25,28,29,30,31,32)/b26-12+,27-13+. The smallest absolute Gasteiger partial charge is 0.251 e. The van der Waals surface area contributed by atoms with Crippen LogP contribution in [0.15, 0.2) is 58.7 Å². The Morgan fingerprint density at radius 1 is 0.647 bits per heavy atom. The molecule has 174 valence electrons. The second-order valence-electron chi connectivity index (χ2n) is 6.70. The summed E-state index contributed by atoms with van der Waals surface area (Å²) in [6.07, 6.45) is 3.15. The van der Waals surface area contributed by atoms with Crippen LogP contribution in [0.1, 0.15) is 31.8 Å². The Balaban J connectivity index is 1.63. The summed E-state index contributed by atoms with van der Waals surface area (Å²) in [4.78, 5) is 35.8. The van der Waals surface area contributed by atoms with Crippen molar-refractivity contribution in [1.82, 2.24) is 25.6 Å². The molecule has 0 unspecified atom stereocenters. The van der Waals surface area contributed by atoms with Gasteiger partial charge >= 0.3 is 0 Å². The van der Waals surface area contributed by atoms with Gasteiger partial charge in [0.2, 0.25) is 17.8 Å². The number of hydrogen-bond acceptors (Lipinski definition) is 10. The minimum Gasteiger partial charge on any atom is -0.357 e. The van der Waals surface area contributed by atoms with Gasteiger partial charge in [0, 0.05) is 32.3 Å². The zero-order valence-electron chi connectivity index (χ0n) is 18.8. The van der Waals surface area contributed by atoms with Gasteiger partial charge in [0.25, 0.3) is 11.8 Å². The van der Waals surface area contributed by atoms with Crippen molar-refractivity contribution < 1.29 is 9.59 Å². The second kappa shape index (κ2) is 11.7. The number of benzene rings is 2. The van der Waals surface area contributed by atoms with Gasteiger partial charge in [0.15, 0.2) is 0 Å². The fraction of sp³-hybridized carbons (Fsp3) is 0.136. The number of rotatable bonds is 9. The molecule has 1 heterocycles. The van der Waals surface area contributed by atoms with Crippen molar-refractivity contribution >= 4 is 42.1 Å². The van der Waals surface area contributed by atoms with Crippen molar-refractivity contribution in [3.63, 3.8) is 0 Å². The minimum atomic E-state index is -0.157. The maximum absolute atomic E-state index is 11.6. The number of aromatic nitrogens is 3. The molecule has 12 heteroatoms. The number of anilines is 3. The van der Waals surface area contributed by atoms with Gasteiger partial charge in [-0.05, 0) is 35.4 Å². The highest BCUT2D eigenvalue weighted by Gasteiger charge is 2.05. The van der Waals surface area contributed by atoms with E-state index in [2.05, 4.69) is 52.0 Å². The van der Waals surface area contributed by atoms with Crippen LogP contribution in [0.2, 0.25) is 0 Å². The van der Waals surface area contributed by atoms with Crippen molar-refractivity contribution in [2.45, 2.75) is 0 Å². The van der Waals surface area contributed by atoms with Gasteiger partial charge in [0.05, 0.1) is 12.4 Å². The number of carbonyl (C=O) groups excluding carboxylic acids is 2. The Labute approximate surface area is 196 Å². The summed E-state index contributed by atoms with van der Waals surface area (Å²) in [7, 11) is 4.84. The predicted molar refractivity (Wildman–Crippen MR) is 131 cm³/mol. The van der Waals surface area contributed by atoms with Gasteiger partial charge in [-0.3, -0.25) is 9.59 Å². The number of nitrogens with one attached hydrogen (secondary N) is 5. The first-order chi connectivity index (χ1) is 16.5. The zero-order valence-corrected chi connectivity index (χ0v) is 18.8. The summed E-state index contributed by atoms with van der Waals surface area (Å²) in [5.74, 6) is 0.399. The van der Waals surface area contributed by atoms with E-state index in [0.29, 0.717) is 17.1 Å². The highest BCUT2D eigenvalue weighted by atomic mass is 16.2. The van der Waals surface area contributed by atoms with Crippen LogP contribution in [0.4, 0.5) is 17.8 Å². The Kier molecular flexibility index (Phi) is 8.16. The van der Waals surface area contributed by atoms with E-state index in [1.165, 1.54) is 0 Å². The molecule has 2 amide bonds. The van der Waals surface area contributed by atoms with Crippen LogP contribution in [-0.4, -0.2) is 60.3 Å². The molecule has 0 fully saturated rings. The molecular formula is C22H24N10O2. The first-order valence-electron chi connectivity index (χ1n) is 10.2. The van der Waals surface area contributed by atoms with Gasteiger partial charge in [-0.1, -0.05) is 24.3 Å². The molecule has 3 rings (SSSR count). The Morgan fingerprint density at radius 3 is 1.38 bits per heavy atom. The SMILES string of the molecule is CNC(=O)c1ccc(/C=N/Nc2nc(NC)nc(N/N=C/c3ccc(C(=O)NC)cc3)n2)cc1. The molecule has 0 aliphatic carbocycles. The van der Waals surface area contributed by atoms with Crippen molar-refractivity contribution in [1.29, 1.82) is 0 Å². The number of hydrogen-bond donors (Lipinski definition) is 5. The van der Waals surface area contributed by atoms with Gasteiger partial charge in [-0.2, -0.15) is 25.2 Å². The Morgan fingerprint density at radius 2 is 1.03 bits per heavy atom. The first-order valence-corrected chi connectivity index (χ1v) is 10.2. The summed E-state index contributed by atoms with van der Waals surface area (Å²) < 4.78 is 0. The van der Waals surface area contributed by atoms with E-state index in [-0.39, 0.29) is 23.7 Å². The van der Waals surface area contributed by atoms with E-state index in [9.17, 15) is 9.59 Å². The van der Waals surface area contributed by atoms with Crippen LogP contribution in [-0.2, 0) is 0 Å². The third-order valence-corrected chi connectivity index (χ3v) is 4.42. The molecule has 0 radical (unpaired) electrons. The maximum Gasteiger partial charge on any atom is 0.251 e.